The van der Waals surface area contributed by atoms with E-state index in [1.54, 1.807) is 7.11 Å². The van der Waals surface area contributed by atoms with Gasteiger partial charge >= 0.3 is 0 Å². The molecule has 0 radical (unpaired) electrons. The second kappa shape index (κ2) is 7.25. The molecule has 0 aromatic heterocycles. The van der Waals surface area contributed by atoms with E-state index in [4.69, 9.17) is 9.47 Å². The van der Waals surface area contributed by atoms with Gasteiger partial charge in [0, 0.05) is 0 Å². The zero-order valence-corrected chi connectivity index (χ0v) is 9.59. The van der Waals surface area contributed by atoms with E-state index in [2.05, 4.69) is 13.5 Å². The molecular weight excluding hydrogens is 176 g/mol. The van der Waals surface area contributed by atoms with Gasteiger partial charge in [-0.3, -0.25) is 0 Å². The van der Waals surface area contributed by atoms with E-state index in [0.29, 0.717) is 6.61 Å². The van der Waals surface area contributed by atoms with Crippen LogP contribution in [0.5, 0.6) is 0 Å². The van der Waals surface area contributed by atoms with E-state index < -0.39 is 0 Å². The number of methoxy groups -OCH3 is 1. The molecule has 0 saturated heterocycles. The van der Waals surface area contributed by atoms with Gasteiger partial charge in [-0.05, 0) is 32.4 Å². The lowest BCUT2D eigenvalue weighted by molar-refractivity contribution is 0.176. The third-order valence-electron chi connectivity index (χ3n) is 1.56. The van der Waals surface area contributed by atoms with E-state index in [9.17, 15) is 0 Å². The van der Waals surface area contributed by atoms with Crippen molar-refractivity contribution in [3.63, 3.8) is 0 Å². The highest BCUT2D eigenvalue weighted by Crippen LogP contribution is 2.14. The van der Waals surface area contributed by atoms with Gasteiger partial charge in [0.1, 0.15) is 0 Å². The molecule has 0 spiro atoms. The van der Waals surface area contributed by atoms with Crippen molar-refractivity contribution < 1.29 is 9.47 Å². The summed E-state index contributed by atoms with van der Waals surface area (Å²) in [6, 6.07) is 0. The first-order valence-electron chi connectivity index (χ1n) is 4.86. The van der Waals surface area contributed by atoms with Crippen LogP contribution in [0.2, 0.25) is 0 Å². The highest BCUT2D eigenvalue weighted by molar-refractivity contribution is 5.27. The molecule has 0 bridgehead atoms. The Balaban J connectivity index is 4.62. The topological polar surface area (TPSA) is 18.5 Å². The molecule has 14 heavy (non-hydrogen) atoms. The lowest BCUT2D eigenvalue weighted by Crippen LogP contribution is -1.99. The molecule has 0 amide bonds. The highest BCUT2D eigenvalue weighted by atomic mass is 16.5. The van der Waals surface area contributed by atoms with Gasteiger partial charge in [-0.15, -0.1) is 0 Å². The predicted octanol–water partition coefficient (Wildman–Crippen LogP) is 3.42. The molecule has 2 nitrogen and oxygen atoms in total. The summed E-state index contributed by atoms with van der Waals surface area (Å²) in [6.07, 6.45) is 4.74. The lowest BCUT2D eigenvalue weighted by atomic mass is 10.2. The van der Waals surface area contributed by atoms with Crippen LogP contribution < -0.4 is 0 Å². The first kappa shape index (κ1) is 12.8. The molecule has 0 aliphatic rings. The van der Waals surface area contributed by atoms with Crippen LogP contribution >= 0.6 is 0 Å². The minimum atomic E-state index is 0.694. The molecule has 0 aromatic rings. The van der Waals surface area contributed by atoms with Crippen LogP contribution in [0.4, 0.5) is 0 Å². The van der Waals surface area contributed by atoms with Crippen LogP contribution in [-0.2, 0) is 9.47 Å². The van der Waals surface area contributed by atoms with Crippen LogP contribution in [0.15, 0.2) is 35.8 Å². The summed E-state index contributed by atoms with van der Waals surface area (Å²) in [4.78, 5) is 0. The van der Waals surface area contributed by atoms with Gasteiger partial charge in [0.15, 0.2) is 11.5 Å². The van der Waals surface area contributed by atoms with Crippen molar-refractivity contribution in [3.8, 4) is 0 Å². The SMILES string of the molecule is C=C(C)/C=C(OCCC)\C(=C/C)OC. The second-order valence-corrected chi connectivity index (χ2v) is 3.06. The van der Waals surface area contributed by atoms with Crippen molar-refractivity contribution >= 4 is 0 Å². The van der Waals surface area contributed by atoms with Gasteiger partial charge in [0.2, 0.25) is 0 Å². The van der Waals surface area contributed by atoms with Crippen LogP contribution in [0.3, 0.4) is 0 Å². The van der Waals surface area contributed by atoms with E-state index in [1.165, 1.54) is 0 Å². The number of hydrogen-bond acceptors (Lipinski definition) is 2. The van der Waals surface area contributed by atoms with Crippen molar-refractivity contribution in [2.24, 2.45) is 0 Å². The Labute approximate surface area is 86.9 Å². The molecule has 0 N–H and O–H groups in total. The Morgan fingerprint density at radius 2 is 2.00 bits per heavy atom. The van der Waals surface area contributed by atoms with Gasteiger partial charge in [-0.2, -0.15) is 0 Å². The molecule has 80 valence electrons. The maximum absolute atomic E-state index is 5.55. The predicted molar refractivity (Wildman–Crippen MR) is 59.9 cm³/mol. The van der Waals surface area contributed by atoms with Crippen molar-refractivity contribution in [1.29, 1.82) is 0 Å². The zero-order valence-electron chi connectivity index (χ0n) is 9.59. The summed E-state index contributed by atoms with van der Waals surface area (Å²) in [6.45, 7) is 10.4. The Morgan fingerprint density at radius 1 is 1.36 bits per heavy atom. The summed E-state index contributed by atoms with van der Waals surface area (Å²) in [7, 11) is 1.64. The number of hydrogen-bond donors (Lipinski definition) is 0. The fraction of sp³-hybridized carbons (Fsp3) is 0.500. The smallest absolute Gasteiger partial charge is 0.161 e. The number of allylic oxidation sites excluding steroid dienone is 3. The first-order chi connectivity index (χ1) is 6.65. The molecule has 2 heteroatoms. The third kappa shape index (κ3) is 4.75. The summed E-state index contributed by atoms with van der Waals surface area (Å²) in [5.41, 5.74) is 0.951. The molecule has 0 rings (SSSR count). The quantitative estimate of drug-likeness (QED) is 0.478. The van der Waals surface area contributed by atoms with Crippen molar-refractivity contribution in [2.45, 2.75) is 27.2 Å². The lowest BCUT2D eigenvalue weighted by Gasteiger charge is -2.12. The van der Waals surface area contributed by atoms with Crippen LogP contribution in [0.25, 0.3) is 0 Å². The van der Waals surface area contributed by atoms with Gasteiger partial charge < -0.3 is 9.47 Å². The summed E-state index contributed by atoms with van der Waals surface area (Å²) in [5, 5.41) is 0. The Hall–Kier alpha value is -1.18. The molecule has 0 aliphatic heterocycles. The van der Waals surface area contributed by atoms with Crippen molar-refractivity contribution in [2.75, 3.05) is 13.7 Å². The van der Waals surface area contributed by atoms with Crippen molar-refractivity contribution in [1.82, 2.24) is 0 Å². The Kier molecular flexibility index (Phi) is 6.63. The maximum Gasteiger partial charge on any atom is 0.161 e. The molecule has 0 heterocycles. The third-order valence-corrected chi connectivity index (χ3v) is 1.56. The maximum atomic E-state index is 5.55. The van der Waals surface area contributed by atoms with E-state index in [0.717, 1.165) is 23.5 Å². The highest BCUT2D eigenvalue weighted by Gasteiger charge is 2.04. The van der Waals surface area contributed by atoms with Gasteiger partial charge in [-0.1, -0.05) is 19.1 Å². The fourth-order valence-electron chi connectivity index (χ4n) is 0.980. The van der Waals surface area contributed by atoms with Gasteiger partial charge in [-0.25, -0.2) is 0 Å². The summed E-state index contributed by atoms with van der Waals surface area (Å²) in [5.74, 6) is 1.51. The largest absolute Gasteiger partial charge is 0.493 e. The molecule has 0 saturated carbocycles. The van der Waals surface area contributed by atoms with Crippen LogP contribution in [0.1, 0.15) is 27.2 Å². The zero-order chi connectivity index (χ0) is 11.0. The molecule has 0 aliphatic carbocycles. The van der Waals surface area contributed by atoms with Crippen LogP contribution in [-0.4, -0.2) is 13.7 Å². The molecule has 0 atom stereocenters. The normalized spacial score (nSPS) is 12.6. The molecule has 0 fully saturated rings. The summed E-state index contributed by atoms with van der Waals surface area (Å²) >= 11 is 0. The molecule has 0 aromatic carbocycles. The minimum absolute atomic E-state index is 0.694. The van der Waals surface area contributed by atoms with Crippen LogP contribution in [0, 0.1) is 0 Å². The van der Waals surface area contributed by atoms with Crippen molar-refractivity contribution in [3.05, 3.63) is 35.8 Å². The monoisotopic (exact) mass is 196 g/mol. The molecular formula is C12H20O2. The van der Waals surface area contributed by atoms with Gasteiger partial charge in [0.25, 0.3) is 0 Å². The summed E-state index contributed by atoms with van der Waals surface area (Å²) < 4.78 is 10.7. The van der Waals surface area contributed by atoms with E-state index in [-0.39, 0.29) is 0 Å². The first-order valence-corrected chi connectivity index (χ1v) is 4.86. The Bertz CT molecular complexity index is 237. The second-order valence-electron chi connectivity index (χ2n) is 3.06. The van der Waals surface area contributed by atoms with E-state index in [1.807, 2.05) is 26.0 Å². The molecule has 0 unspecified atom stereocenters. The number of ether oxygens (including phenoxy) is 2. The standard InChI is InChI=1S/C12H20O2/c1-6-8-14-12(9-10(3)4)11(7-2)13-5/h7,9H,3,6,8H2,1-2,4-5H3/b11-7+,12-9+. The average molecular weight is 196 g/mol. The van der Waals surface area contributed by atoms with Gasteiger partial charge in [0.05, 0.1) is 13.7 Å². The fourth-order valence-corrected chi connectivity index (χ4v) is 0.980. The average Bonchev–Trinajstić information content (AvgIpc) is 2.15. The van der Waals surface area contributed by atoms with E-state index >= 15 is 0 Å². The minimum Gasteiger partial charge on any atom is -0.493 e. The Morgan fingerprint density at radius 3 is 2.36 bits per heavy atom. The number of rotatable bonds is 6.